The number of amides is 1. The molecule has 1 saturated heterocycles. The Balaban J connectivity index is 2.00. The van der Waals surface area contributed by atoms with Gasteiger partial charge in [-0.3, -0.25) is 4.79 Å². The minimum atomic E-state index is 0.112. The van der Waals surface area contributed by atoms with E-state index in [4.69, 9.17) is 0 Å². The highest BCUT2D eigenvalue weighted by Gasteiger charge is 2.25. The summed E-state index contributed by atoms with van der Waals surface area (Å²) >= 11 is 0. The van der Waals surface area contributed by atoms with Gasteiger partial charge < -0.3 is 10.2 Å². The third-order valence-corrected chi connectivity index (χ3v) is 3.52. The van der Waals surface area contributed by atoms with Gasteiger partial charge in [0.05, 0.1) is 5.56 Å². The van der Waals surface area contributed by atoms with Gasteiger partial charge in [0.15, 0.2) is 0 Å². The summed E-state index contributed by atoms with van der Waals surface area (Å²) in [6.07, 6.45) is 3.95. The van der Waals surface area contributed by atoms with Crippen LogP contribution < -0.4 is 5.32 Å². The van der Waals surface area contributed by atoms with Crippen molar-refractivity contribution in [3.63, 3.8) is 0 Å². The highest BCUT2D eigenvalue weighted by atomic mass is 16.2. The van der Waals surface area contributed by atoms with Gasteiger partial charge in [-0.15, -0.1) is 0 Å². The van der Waals surface area contributed by atoms with Gasteiger partial charge in [-0.25, -0.2) is 4.98 Å². The second-order valence-corrected chi connectivity index (χ2v) is 4.78. The Morgan fingerprint density at radius 3 is 2.89 bits per heavy atom. The highest BCUT2D eigenvalue weighted by Crippen LogP contribution is 2.21. The number of carbonyl (C=O) groups excluding carboxylic acids is 1. The van der Waals surface area contributed by atoms with Crippen molar-refractivity contribution in [3.8, 4) is 0 Å². The molecule has 1 aliphatic heterocycles. The number of nitrogens with zero attached hydrogens (tertiary/aromatic N) is 2. The van der Waals surface area contributed by atoms with E-state index in [1.165, 1.54) is 0 Å². The first-order chi connectivity index (χ1) is 8.74. The Morgan fingerprint density at radius 2 is 2.33 bits per heavy atom. The van der Waals surface area contributed by atoms with Crippen LogP contribution in [-0.4, -0.2) is 35.4 Å². The molecular formula is C14H21N3O. The van der Waals surface area contributed by atoms with Crippen molar-refractivity contribution in [1.29, 1.82) is 0 Å². The molecule has 1 aromatic rings. The molecule has 1 N–H and O–H groups in total. The van der Waals surface area contributed by atoms with Crippen molar-refractivity contribution < 1.29 is 4.79 Å². The minimum absolute atomic E-state index is 0.112. The molecule has 98 valence electrons. The molecule has 4 nitrogen and oxygen atoms in total. The first-order valence-corrected chi connectivity index (χ1v) is 6.73. The summed E-state index contributed by atoms with van der Waals surface area (Å²) in [5.74, 6) is 1.60. The number of carbonyl (C=O) groups is 1. The van der Waals surface area contributed by atoms with Crippen LogP contribution in [0, 0.1) is 5.92 Å². The number of pyridine rings is 1. The average molecular weight is 247 g/mol. The summed E-state index contributed by atoms with van der Waals surface area (Å²) in [5.41, 5.74) is 0.688. The van der Waals surface area contributed by atoms with Crippen molar-refractivity contribution >= 4 is 11.7 Å². The van der Waals surface area contributed by atoms with Crippen molar-refractivity contribution in [3.05, 3.63) is 23.9 Å². The van der Waals surface area contributed by atoms with Gasteiger partial charge in [-0.05, 0) is 31.4 Å². The number of likely N-dealkylation sites (tertiary alicyclic amines) is 1. The highest BCUT2D eigenvalue weighted by molar-refractivity contribution is 5.94. The van der Waals surface area contributed by atoms with Crippen molar-refractivity contribution in [2.75, 3.05) is 25.0 Å². The van der Waals surface area contributed by atoms with Crippen molar-refractivity contribution in [2.24, 2.45) is 5.92 Å². The Morgan fingerprint density at radius 1 is 1.50 bits per heavy atom. The van der Waals surface area contributed by atoms with Gasteiger partial charge in [-0.2, -0.15) is 0 Å². The van der Waals surface area contributed by atoms with E-state index in [0.29, 0.717) is 11.5 Å². The fourth-order valence-electron chi connectivity index (χ4n) is 2.34. The number of rotatable bonds is 4. The molecular weight excluding hydrogens is 226 g/mol. The summed E-state index contributed by atoms with van der Waals surface area (Å²) in [5, 5.41) is 3.12. The second kappa shape index (κ2) is 5.85. The van der Waals surface area contributed by atoms with E-state index in [0.717, 1.165) is 38.3 Å². The van der Waals surface area contributed by atoms with Gasteiger partial charge in [0.25, 0.3) is 5.91 Å². The van der Waals surface area contributed by atoms with Crippen LogP contribution in [0.25, 0.3) is 0 Å². The summed E-state index contributed by atoms with van der Waals surface area (Å²) in [6.45, 7) is 6.82. The lowest BCUT2D eigenvalue weighted by Gasteiger charge is -2.16. The predicted octanol–water partition coefficient (Wildman–Crippen LogP) is 2.39. The van der Waals surface area contributed by atoms with Crippen LogP contribution in [-0.2, 0) is 0 Å². The zero-order chi connectivity index (χ0) is 13.0. The molecule has 0 aliphatic carbocycles. The normalized spacial score (nSPS) is 19.0. The molecule has 0 spiro atoms. The molecule has 1 aliphatic rings. The van der Waals surface area contributed by atoms with Crippen molar-refractivity contribution in [1.82, 2.24) is 9.88 Å². The molecule has 2 heterocycles. The molecule has 1 atom stereocenters. The standard InChI is InChI=1S/C14H21N3O/c1-3-11-7-8-17(10-11)14(18)12-5-6-13(15-4-2)16-9-12/h5-6,9,11H,3-4,7-8,10H2,1-2H3,(H,15,16). The number of hydrogen-bond donors (Lipinski definition) is 1. The third-order valence-electron chi connectivity index (χ3n) is 3.52. The summed E-state index contributed by atoms with van der Waals surface area (Å²) in [7, 11) is 0. The Kier molecular flexibility index (Phi) is 4.18. The smallest absolute Gasteiger partial charge is 0.255 e. The summed E-state index contributed by atoms with van der Waals surface area (Å²) < 4.78 is 0. The maximum atomic E-state index is 12.2. The van der Waals surface area contributed by atoms with Crippen LogP contribution in [0.1, 0.15) is 37.0 Å². The van der Waals surface area contributed by atoms with Crippen LogP contribution >= 0.6 is 0 Å². The molecule has 0 radical (unpaired) electrons. The molecule has 0 saturated carbocycles. The first-order valence-electron chi connectivity index (χ1n) is 6.73. The van der Waals surface area contributed by atoms with E-state index in [2.05, 4.69) is 17.2 Å². The van der Waals surface area contributed by atoms with Crippen LogP contribution in [0.4, 0.5) is 5.82 Å². The predicted molar refractivity (Wildman–Crippen MR) is 72.7 cm³/mol. The monoisotopic (exact) mass is 247 g/mol. The Labute approximate surface area is 108 Å². The number of aromatic nitrogens is 1. The fraction of sp³-hybridized carbons (Fsp3) is 0.571. The Bertz CT molecular complexity index is 402. The molecule has 1 unspecified atom stereocenters. The molecule has 1 fully saturated rings. The van der Waals surface area contributed by atoms with Crippen LogP contribution in [0.2, 0.25) is 0 Å². The minimum Gasteiger partial charge on any atom is -0.370 e. The van der Waals surface area contributed by atoms with E-state index in [9.17, 15) is 4.79 Å². The zero-order valence-corrected chi connectivity index (χ0v) is 11.1. The molecule has 4 heteroatoms. The maximum absolute atomic E-state index is 12.2. The van der Waals surface area contributed by atoms with Gasteiger partial charge in [0.1, 0.15) is 5.82 Å². The maximum Gasteiger partial charge on any atom is 0.255 e. The molecule has 1 amide bonds. The van der Waals surface area contributed by atoms with Crippen LogP contribution in [0.3, 0.4) is 0 Å². The van der Waals surface area contributed by atoms with E-state index < -0.39 is 0 Å². The third kappa shape index (κ3) is 2.81. The van der Waals surface area contributed by atoms with E-state index in [1.807, 2.05) is 24.0 Å². The van der Waals surface area contributed by atoms with E-state index in [1.54, 1.807) is 6.20 Å². The quantitative estimate of drug-likeness (QED) is 0.888. The fourth-order valence-corrected chi connectivity index (χ4v) is 2.34. The molecule has 0 aromatic carbocycles. The molecule has 2 rings (SSSR count). The lowest BCUT2D eigenvalue weighted by atomic mass is 10.1. The average Bonchev–Trinajstić information content (AvgIpc) is 2.88. The first kappa shape index (κ1) is 12.9. The topological polar surface area (TPSA) is 45.2 Å². The number of nitrogens with one attached hydrogen (secondary N) is 1. The lowest BCUT2D eigenvalue weighted by Crippen LogP contribution is -2.28. The van der Waals surface area contributed by atoms with Crippen LogP contribution in [0.15, 0.2) is 18.3 Å². The van der Waals surface area contributed by atoms with Gasteiger partial charge in [0, 0.05) is 25.8 Å². The van der Waals surface area contributed by atoms with Gasteiger partial charge >= 0.3 is 0 Å². The molecule has 1 aromatic heterocycles. The second-order valence-electron chi connectivity index (χ2n) is 4.78. The zero-order valence-electron chi connectivity index (χ0n) is 11.1. The molecule has 0 bridgehead atoms. The number of hydrogen-bond acceptors (Lipinski definition) is 3. The van der Waals surface area contributed by atoms with Gasteiger partial charge in [-0.1, -0.05) is 13.3 Å². The molecule has 18 heavy (non-hydrogen) atoms. The summed E-state index contributed by atoms with van der Waals surface area (Å²) in [4.78, 5) is 18.4. The van der Waals surface area contributed by atoms with Crippen LogP contribution in [0.5, 0.6) is 0 Å². The lowest BCUT2D eigenvalue weighted by molar-refractivity contribution is 0.0786. The Hall–Kier alpha value is -1.58. The van der Waals surface area contributed by atoms with E-state index in [-0.39, 0.29) is 5.91 Å². The number of anilines is 1. The van der Waals surface area contributed by atoms with Crippen molar-refractivity contribution in [2.45, 2.75) is 26.7 Å². The summed E-state index contributed by atoms with van der Waals surface area (Å²) in [6, 6.07) is 3.72. The SMILES string of the molecule is CCNc1ccc(C(=O)N2CCC(CC)C2)cn1. The van der Waals surface area contributed by atoms with E-state index >= 15 is 0 Å². The largest absolute Gasteiger partial charge is 0.370 e. The van der Waals surface area contributed by atoms with Gasteiger partial charge in [0.2, 0.25) is 0 Å².